The Kier molecular flexibility index (Phi) is 5.96. The summed E-state index contributed by atoms with van der Waals surface area (Å²) in [5, 5.41) is 5.23. The lowest BCUT2D eigenvalue weighted by Crippen LogP contribution is -2.47. The summed E-state index contributed by atoms with van der Waals surface area (Å²) in [7, 11) is 0. The third-order valence-corrected chi connectivity index (χ3v) is 2.66. The molecule has 1 aromatic rings. The number of amides is 2. The van der Waals surface area contributed by atoms with Gasteiger partial charge >= 0.3 is 6.09 Å². The van der Waals surface area contributed by atoms with Gasteiger partial charge in [0, 0.05) is 6.20 Å². The zero-order valence-corrected chi connectivity index (χ0v) is 12.3. The quantitative estimate of drug-likeness (QED) is 0.865. The van der Waals surface area contributed by atoms with E-state index >= 15 is 0 Å². The van der Waals surface area contributed by atoms with E-state index in [1.807, 2.05) is 26.8 Å². The first-order valence-corrected chi connectivity index (χ1v) is 6.60. The molecule has 110 valence electrons. The van der Waals surface area contributed by atoms with Gasteiger partial charge in [0.15, 0.2) is 0 Å². The van der Waals surface area contributed by atoms with Crippen LogP contribution in [0.25, 0.3) is 0 Å². The second-order valence-corrected chi connectivity index (χ2v) is 4.80. The van der Waals surface area contributed by atoms with Crippen LogP contribution in [0.3, 0.4) is 0 Å². The highest BCUT2D eigenvalue weighted by atomic mass is 16.5. The smallest absolute Gasteiger partial charge is 0.407 e. The minimum absolute atomic E-state index is 0.0649. The molecule has 0 fully saturated rings. The minimum atomic E-state index is -0.669. The summed E-state index contributed by atoms with van der Waals surface area (Å²) in [5.41, 5.74) is 1.01. The molecule has 0 radical (unpaired) electrons. The van der Waals surface area contributed by atoms with Crippen molar-refractivity contribution in [2.24, 2.45) is 5.92 Å². The van der Waals surface area contributed by atoms with Gasteiger partial charge in [-0.1, -0.05) is 19.9 Å². The van der Waals surface area contributed by atoms with Crippen LogP contribution >= 0.6 is 0 Å². The number of hydrogen-bond donors (Lipinski definition) is 2. The second-order valence-electron chi connectivity index (χ2n) is 4.80. The van der Waals surface area contributed by atoms with Gasteiger partial charge < -0.3 is 15.4 Å². The molecule has 0 aromatic carbocycles. The van der Waals surface area contributed by atoms with Crippen LogP contribution in [0.1, 0.15) is 26.3 Å². The molecule has 6 nitrogen and oxygen atoms in total. The Morgan fingerprint density at radius 1 is 1.35 bits per heavy atom. The van der Waals surface area contributed by atoms with E-state index in [0.29, 0.717) is 5.82 Å². The summed E-state index contributed by atoms with van der Waals surface area (Å²) in [5.74, 6) is 0.0752. The third kappa shape index (κ3) is 4.87. The summed E-state index contributed by atoms with van der Waals surface area (Å²) >= 11 is 0. The standard InChI is InChI=1S/C14H21N3O3/c1-5-20-14(19)17-12(9(2)3)13(18)16-11-7-6-10(4)8-15-11/h6-9,12H,5H2,1-4H3,(H,17,19)(H,15,16,18)/t12-/m0/s1. The van der Waals surface area contributed by atoms with E-state index in [1.54, 1.807) is 19.2 Å². The maximum Gasteiger partial charge on any atom is 0.407 e. The average Bonchev–Trinajstić information content (AvgIpc) is 2.38. The fraction of sp³-hybridized carbons (Fsp3) is 0.500. The van der Waals surface area contributed by atoms with Crippen molar-refractivity contribution >= 4 is 17.8 Å². The van der Waals surface area contributed by atoms with Gasteiger partial charge in [0.05, 0.1) is 6.61 Å². The van der Waals surface area contributed by atoms with Gasteiger partial charge in [0.25, 0.3) is 0 Å². The maximum atomic E-state index is 12.2. The number of anilines is 1. The molecule has 0 saturated carbocycles. The molecular formula is C14H21N3O3. The van der Waals surface area contributed by atoms with Crippen LogP contribution in [0.4, 0.5) is 10.6 Å². The van der Waals surface area contributed by atoms with Crippen molar-refractivity contribution < 1.29 is 14.3 Å². The van der Waals surface area contributed by atoms with Crippen LogP contribution in [0.2, 0.25) is 0 Å². The number of nitrogens with one attached hydrogen (secondary N) is 2. The first kappa shape index (κ1) is 15.9. The molecule has 2 N–H and O–H groups in total. The number of carbonyl (C=O) groups excluding carboxylic acids is 2. The lowest BCUT2D eigenvalue weighted by Gasteiger charge is -2.21. The highest BCUT2D eigenvalue weighted by Gasteiger charge is 2.24. The number of ether oxygens (including phenoxy) is 1. The van der Waals surface area contributed by atoms with Crippen molar-refractivity contribution in [2.75, 3.05) is 11.9 Å². The van der Waals surface area contributed by atoms with Gasteiger partial charge in [0.2, 0.25) is 5.91 Å². The molecule has 0 aliphatic heterocycles. The molecule has 1 aromatic heterocycles. The number of alkyl carbamates (subject to hydrolysis) is 1. The number of hydrogen-bond acceptors (Lipinski definition) is 4. The Morgan fingerprint density at radius 3 is 2.55 bits per heavy atom. The van der Waals surface area contributed by atoms with Crippen LogP contribution in [0.5, 0.6) is 0 Å². The topological polar surface area (TPSA) is 80.3 Å². The van der Waals surface area contributed by atoms with E-state index in [-0.39, 0.29) is 18.4 Å². The second kappa shape index (κ2) is 7.47. The van der Waals surface area contributed by atoms with Gasteiger partial charge in [-0.3, -0.25) is 4.79 Å². The normalized spacial score (nSPS) is 11.8. The Balaban J connectivity index is 2.69. The number of nitrogens with zero attached hydrogens (tertiary/aromatic N) is 1. The van der Waals surface area contributed by atoms with E-state index in [4.69, 9.17) is 4.74 Å². The fourth-order valence-electron chi connectivity index (χ4n) is 1.58. The van der Waals surface area contributed by atoms with Crippen molar-refractivity contribution in [1.29, 1.82) is 0 Å². The third-order valence-electron chi connectivity index (χ3n) is 2.66. The van der Waals surface area contributed by atoms with Gasteiger partial charge in [0.1, 0.15) is 11.9 Å². The summed E-state index contributed by atoms with van der Waals surface area (Å²) in [6.45, 7) is 7.58. The van der Waals surface area contributed by atoms with Crippen LogP contribution in [0.15, 0.2) is 18.3 Å². The van der Waals surface area contributed by atoms with Gasteiger partial charge in [-0.15, -0.1) is 0 Å². The maximum absolute atomic E-state index is 12.2. The average molecular weight is 279 g/mol. The highest BCUT2D eigenvalue weighted by molar-refractivity contribution is 5.96. The minimum Gasteiger partial charge on any atom is -0.450 e. The van der Waals surface area contributed by atoms with Gasteiger partial charge in [-0.05, 0) is 31.4 Å². The van der Waals surface area contributed by atoms with Crippen molar-refractivity contribution in [3.05, 3.63) is 23.9 Å². The Labute approximate surface area is 118 Å². The molecule has 0 saturated heterocycles. The van der Waals surface area contributed by atoms with E-state index in [9.17, 15) is 9.59 Å². The summed E-state index contributed by atoms with van der Waals surface area (Å²) in [6.07, 6.45) is 1.07. The SMILES string of the molecule is CCOC(=O)N[C@H](C(=O)Nc1ccc(C)cn1)C(C)C. The number of aryl methyl sites for hydroxylation is 1. The van der Waals surface area contributed by atoms with E-state index in [2.05, 4.69) is 15.6 Å². The van der Waals surface area contributed by atoms with Crippen LogP contribution < -0.4 is 10.6 Å². The fourth-order valence-corrected chi connectivity index (χ4v) is 1.58. The molecule has 2 amide bonds. The highest BCUT2D eigenvalue weighted by Crippen LogP contribution is 2.08. The Hall–Kier alpha value is -2.11. The molecule has 20 heavy (non-hydrogen) atoms. The van der Waals surface area contributed by atoms with E-state index < -0.39 is 12.1 Å². The molecule has 0 aliphatic carbocycles. The van der Waals surface area contributed by atoms with Gasteiger partial charge in [-0.25, -0.2) is 9.78 Å². The molecular weight excluding hydrogens is 258 g/mol. The molecule has 0 aliphatic rings. The van der Waals surface area contributed by atoms with Crippen LogP contribution in [-0.2, 0) is 9.53 Å². The number of carbonyl (C=O) groups is 2. The van der Waals surface area contributed by atoms with Crippen LogP contribution in [-0.4, -0.2) is 29.6 Å². The lowest BCUT2D eigenvalue weighted by molar-refractivity contribution is -0.119. The molecule has 1 atom stereocenters. The zero-order valence-electron chi connectivity index (χ0n) is 12.3. The summed E-state index contributed by atoms with van der Waals surface area (Å²) < 4.78 is 4.79. The Bertz CT molecular complexity index is 457. The number of aromatic nitrogens is 1. The Morgan fingerprint density at radius 2 is 2.05 bits per heavy atom. The van der Waals surface area contributed by atoms with Crippen molar-refractivity contribution in [1.82, 2.24) is 10.3 Å². The molecule has 0 bridgehead atoms. The predicted molar refractivity (Wildman–Crippen MR) is 76.4 cm³/mol. The molecule has 1 heterocycles. The predicted octanol–water partition coefficient (Wildman–Crippen LogP) is 2.10. The molecule has 0 spiro atoms. The van der Waals surface area contributed by atoms with Crippen molar-refractivity contribution in [3.8, 4) is 0 Å². The molecule has 6 heteroatoms. The zero-order chi connectivity index (χ0) is 15.1. The van der Waals surface area contributed by atoms with Crippen molar-refractivity contribution in [2.45, 2.75) is 33.7 Å². The van der Waals surface area contributed by atoms with Gasteiger partial charge in [-0.2, -0.15) is 0 Å². The molecule has 0 unspecified atom stereocenters. The lowest BCUT2D eigenvalue weighted by atomic mass is 10.0. The number of rotatable bonds is 5. The monoisotopic (exact) mass is 279 g/mol. The van der Waals surface area contributed by atoms with E-state index in [1.165, 1.54) is 0 Å². The van der Waals surface area contributed by atoms with E-state index in [0.717, 1.165) is 5.56 Å². The van der Waals surface area contributed by atoms with Crippen LogP contribution in [0, 0.1) is 12.8 Å². The first-order chi connectivity index (χ1) is 9.43. The summed E-state index contributed by atoms with van der Waals surface area (Å²) in [6, 6.07) is 2.90. The van der Waals surface area contributed by atoms with Crippen molar-refractivity contribution in [3.63, 3.8) is 0 Å². The number of pyridine rings is 1. The first-order valence-electron chi connectivity index (χ1n) is 6.60. The molecule has 1 rings (SSSR count). The largest absolute Gasteiger partial charge is 0.450 e. The summed E-state index contributed by atoms with van der Waals surface area (Å²) in [4.78, 5) is 27.7.